The molecule has 7 aromatic carbocycles. The molecule has 1 aliphatic heterocycles. The molecule has 276 valence electrons. The van der Waals surface area contributed by atoms with Gasteiger partial charge in [-0.05, 0) is 102 Å². The van der Waals surface area contributed by atoms with Crippen molar-refractivity contribution in [3.63, 3.8) is 0 Å². The highest BCUT2D eigenvalue weighted by molar-refractivity contribution is 8.00. The quantitative estimate of drug-likeness (QED) is 0.167. The number of aromatic nitrogens is 2. The van der Waals surface area contributed by atoms with Crippen LogP contribution in [-0.2, 0) is 5.41 Å². The molecule has 3 heteroatoms. The molecule has 1 aromatic heterocycles. The zero-order valence-corrected chi connectivity index (χ0v) is 33.3. The van der Waals surface area contributed by atoms with Crippen molar-refractivity contribution in [1.29, 1.82) is 0 Å². The molecule has 0 N–H and O–H groups in total. The van der Waals surface area contributed by atoms with E-state index in [0.717, 1.165) is 28.2 Å². The van der Waals surface area contributed by atoms with Crippen molar-refractivity contribution < 1.29 is 0 Å². The third-order valence-corrected chi connectivity index (χ3v) is 14.7. The van der Waals surface area contributed by atoms with Gasteiger partial charge in [-0.1, -0.05) is 160 Å². The molecule has 0 fully saturated rings. The molecule has 0 bridgehead atoms. The molecule has 0 spiro atoms. The van der Waals surface area contributed by atoms with Gasteiger partial charge in [-0.3, -0.25) is 9.97 Å². The predicted molar refractivity (Wildman–Crippen MR) is 245 cm³/mol. The standard InChI is InChI=1S/C55H40N2S/c1-55(2)49-31-38(36-10-7-9-35(29-36)33-17-19-34(20-18-33)40-14-8-15-47-44-12-5-6-16-51(44)58-54(40)47)21-24-42(49)43-25-22-39(32-50(43)55)37-23-26-46-48(30-37)41-11-3-4-13-45(41)52-53(46)57-28-27-56-52/h3-17,19-33,44,51H,18H2,1-2H3. The van der Waals surface area contributed by atoms with Gasteiger partial charge < -0.3 is 0 Å². The van der Waals surface area contributed by atoms with Crippen LogP contribution in [0.2, 0.25) is 0 Å². The number of rotatable bonds is 4. The van der Waals surface area contributed by atoms with E-state index in [1.165, 1.54) is 82.4 Å². The smallest absolute Gasteiger partial charge is 0.0971 e. The summed E-state index contributed by atoms with van der Waals surface area (Å²) in [6, 6.07) is 45.7. The number of allylic oxidation sites excluding steroid dienone is 7. The molecule has 3 atom stereocenters. The minimum absolute atomic E-state index is 0.142. The average molecular weight is 761 g/mol. The van der Waals surface area contributed by atoms with Crippen LogP contribution >= 0.6 is 11.8 Å². The molecule has 3 aliphatic carbocycles. The Hall–Kier alpha value is -6.29. The summed E-state index contributed by atoms with van der Waals surface area (Å²) < 4.78 is 0. The molecule has 0 saturated carbocycles. The van der Waals surface area contributed by atoms with Gasteiger partial charge in [0.25, 0.3) is 0 Å². The van der Waals surface area contributed by atoms with E-state index in [1.54, 1.807) is 12.4 Å². The highest BCUT2D eigenvalue weighted by Gasteiger charge is 2.36. The number of fused-ring (bicyclic) bond motifs is 12. The Labute approximate surface area is 343 Å². The van der Waals surface area contributed by atoms with Crippen molar-refractivity contribution in [2.45, 2.75) is 47.7 Å². The van der Waals surface area contributed by atoms with Crippen molar-refractivity contribution in [2.75, 3.05) is 0 Å². The van der Waals surface area contributed by atoms with E-state index in [4.69, 9.17) is 9.97 Å². The molecule has 8 aromatic rings. The first-order chi connectivity index (χ1) is 28.5. The summed E-state index contributed by atoms with van der Waals surface area (Å²) in [4.78, 5) is 10.9. The van der Waals surface area contributed by atoms with Crippen LogP contribution in [0.5, 0.6) is 0 Å². The summed E-state index contributed by atoms with van der Waals surface area (Å²) in [6.45, 7) is 4.78. The average Bonchev–Trinajstić information content (AvgIpc) is 3.78. The van der Waals surface area contributed by atoms with Gasteiger partial charge in [-0.25, -0.2) is 0 Å². The minimum atomic E-state index is -0.142. The van der Waals surface area contributed by atoms with E-state index >= 15 is 0 Å². The monoisotopic (exact) mass is 760 g/mol. The van der Waals surface area contributed by atoms with Gasteiger partial charge in [-0.15, -0.1) is 11.8 Å². The van der Waals surface area contributed by atoms with E-state index in [0.29, 0.717) is 17.1 Å². The second kappa shape index (κ2) is 12.9. The summed E-state index contributed by atoms with van der Waals surface area (Å²) in [5, 5.41) is 5.21. The number of nitrogens with zero attached hydrogens (tertiary/aromatic N) is 2. The Morgan fingerprint density at radius 1 is 0.569 bits per heavy atom. The maximum atomic E-state index is 4.77. The van der Waals surface area contributed by atoms with Crippen molar-refractivity contribution in [2.24, 2.45) is 0 Å². The van der Waals surface area contributed by atoms with Crippen molar-refractivity contribution in [3.8, 4) is 33.4 Å². The molecule has 0 saturated heterocycles. The Morgan fingerprint density at radius 3 is 2.00 bits per heavy atom. The van der Waals surface area contributed by atoms with Gasteiger partial charge >= 0.3 is 0 Å². The molecule has 0 amide bonds. The van der Waals surface area contributed by atoms with Gasteiger partial charge in [0.1, 0.15) is 0 Å². The first kappa shape index (κ1) is 33.8. The number of hydrogen-bond donors (Lipinski definition) is 0. The summed E-state index contributed by atoms with van der Waals surface area (Å²) in [5.74, 6) is 0.842. The predicted octanol–water partition coefficient (Wildman–Crippen LogP) is 14.4. The molecule has 3 unspecified atom stereocenters. The second-order valence-electron chi connectivity index (χ2n) is 16.8. The van der Waals surface area contributed by atoms with Crippen LogP contribution in [0.15, 0.2) is 181 Å². The molecule has 58 heavy (non-hydrogen) atoms. The van der Waals surface area contributed by atoms with E-state index in [-0.39, 0.29) is 5.41 Å². The Morgan fingerprint density at radius 2 is 1.24 bits per heavy atom. The summed E-state index contributed by atoms with van der Waals surface area (Å²) in [5.41, 5.74) is 17.8. The van der Waals surface area contributed by atoms with Crippen LogP contribution in [0.1, 0.15) is 59.9 Å². The zero-order chi connectivity index (χ0) is 38.5. The summed E-state index contributed by atoms with van der Waals surface area (Å²) >= 11 is 2.02. The highest BCUT2D eigenvalue weighted by Crippen LogP contribution is 2.53. The normalized spacial score (nSPS) is 19.6. The van der Waals surface area contributed by atoms with Gasteiger partial charge in [-0.2, -0.15) is 0 Å². The molecule has 0 radical (unpaired) electrons. The lowest BCUT2D eigenvalue weighted by Gasteiger charge is -2.23. The SMILES string of the molecule is CC1(C)c2cc(-c3cccc(C4C=CC(c5cccc6c5SC5C=CC=CC65)=CC4)c3)ccc2-c2ccc(-c3ccc4c(c3)c3ccccc3c3nccnc43)cc21. The molecule has 4 aliphatic rings. The number of hydrogen-bond acceptors (Lipinski definition) is 3. The van der Waals surface area contributed by atoms with Gasteiger partial charge in [0.2, 0.25) is 0 Å². The van der Waals surface area contributed by atoms with Crippen LogP contribution in [0.4, 0.5) is 0 Å². The third-order valence-electron chi connectivity index (χ3n) is 13.3. The van der Waals surface area contributed by atoms with E-state index in [9.17, 15) is 0 Å². The van der Waals surface area contributed by atoms with Crippen LogP contribution < -0.4 is 0 Å². The molecular weight excluding hydrogens is 721 g/mol. The van der Waals surface area contributed by atoms with Crippen LogP contribution in [0.25, 0.3) is 71.5 Å². The Kier molecular flexibility index (Phi) is 7.50. The van der Waals surface area contributed by atoms with Crippen LogP contribution in [-0.4, -0.2) is 15.2 Å². The molecule has 12 rings (SSSR count). The zero-order valence-electron chi connectivity index (χ0n) is 32.5. The third kappa shape index (κ3) is 5.12. The Bertz CT molecular complexity index is 3140. The molecule has 2 heterocycles. The topological polar surface area (TPSA) is 25.8 Å². The minimum Gasteiger partial charge on any atom is -0.252 e. The lowest BCUT2D eigenvalue weighted by Crippen LogP contribution is -2.15. The summed E-state index contributed by atoms with van der Waals surface area (Å²) in [6.07, 6.45) is 21.0. The first-order valence-corrected chi connectivity index (χ1v) is 21.4. The lowest BCUT2D eigenvalue weighted by atomic mass is 9.80. The fourth-order valence-corrected chi connectivity index (χ4v) is 11.7. The van der Waals surface area contributed by atoms with Crippen LogP contribution in [0.3, 0.4) is 0 Å². The Balaban J connectivity index is 0.837. The van der Waals surface area contributed by atoms with E-state index in [1.807, 2.05) is 11.8 Å². The van der Waals surface area contributed by atoms with Gasteiger partial charge in [0.15, 0.2) is 0 Å². The van der Waals surface area contributed by atoms with Gasteiger partial charge in [0.05, 0.1) is 11.0 Å². The number of thioether (sulfide) groups is 1. The van der Waals surface area contributed by atoms with Crippen molar-refractivity contribution >= 4 is 49.9 Å². The maximum Gasteiger partial charge on any atom is 0.0971 e. The van der Waals surface area contributed by atoms with Gasteiger partial charge in [0, 0.05) is 50.6 Å². The molecular formula is C55H40N2S. The fourth-order valence-electron chi connectivity index (χ4n) is 10.2. The first-order valence-electron chi connectivity index (χ1n) is 20.5. The lowest BCUT2D eigenvalue weighted by molar-refractivity contribution is 0.661. The van der Waals surface area contributed by atoms with E-state index < -0.39 is 0 Å². The van der Waals surface area contributed by atoms with Crippen molar-refractivity contribution in [3.05, 3.63) is 204 Å². The van der Waals surface area contributed by atoms with Crippen molar-refractivity contribution in [1.82, 2.24) is 9.97 Å². The highest BCUT2D eigenvalue weighted by atomic mass is 32.2. The largest absolute Gasteiger partial charge is 0.252 e. The van der Waals surface area contributed by atoms with Crippen LogP contribution in [0, 0.1) is 0 Å². The molecule has 2 nitrogen and oxygen atoms in total. The van der Waals surface area contributed by atoms with E-state index in [2.05, 4.69) is 178 Å². The fraction of sp³-hybridized carbons (Fsp3) is 0.127. The maximum absolute atomic E-state index is 4.77. The second-order valence-corrected chi connectivity index (χ2v) is 18.0. The number of benzene rings is 7. The summed E-state index contributed by atoms with van der Waals surface area (Å²) in [7, 11) is 0.